The summed E-state index contributed by atoms with van der Waals surface area (Å²) in [6.07, 6.45) is 2.89. The van der Waals surface area contributed by atoms with Crippen molar-refractivity contribution in [3.8, 4) is 11.5 Å². The fraction of sp³-hybridized carbons (Fsp3) is 0.320. The number of carbonyl (C=O) groups excluding carboxylic acids is 2. The van der Waals surface area contributed by atoms with Crippen molar-refractivity contribution in [3.05, 3.63) is 41.3 Å². The van der Waals surface area contributed by atoms with Gasteiger partial charge in [0.05, 0.1) is 25.1 Å². The van der Waals surface area contributed by atoms with Crippen LogP contribution in [0.4, 0.5) is 11.6 Å². The second-order valence-corrected chi connectivity index (χ2v) is 10.0. The van der Waals surface area contributed by atoms with Gasteiger partial charge >= 0.3 is 0 Å². The summed E-state index contributed by atoms with van der Waals surface area (Å²) in [6.45, 7) is -0.0404. The molecule has 1 saturated carbocycles. The Bertz CT molecular complexity index is 1570. The van der Waals surface area contributed by atoms with Crippen LogP contribution in [-0.4, -0.2) is 62.5 Å². The number of anilines is 2. The molecular weight excluding hydrogens is 542 g/mol. The minimum absolute atomic E-state index is 0.0404. The third-order valence-corrected chi connectivity index (χ3v) is 7.55. The summed E-state index contributed by atoms with van der Waals surface area (Å²) >= 11 is 3.32. The molecule has 2 amide bonds. The number of piperidine rings is 1. The fourth-order valence-corrected chi connectivity index (χ4v) is 5.73. The SMILES string of the molecule is COc1cc(OC)c2c(c1)c1c(N)ncnc1n2CC(=O)N1[C@@H]2CC2C[C@H]1C(=O)Nc1cccc(Br)n1. The van der Waals surface area contributed by atoms with Crippen LogP contribution in [0.25, 0.3) is 21.9 Å². The Hall–Kier alpha value is -3.93. The molecule has 4 heterocycles. The number of amides is 2. The molecule has 190 valence electrons. The molecule has 3 atom stereocenters. The first kappa shape index (κ1) is 23.5. The summed E-state index contributed by atoms with van der Waals surface area (Å²) in [6, 6.07) is 8.34. The first-order chi connectivity index (χ1) is 17.9. The van der Waals surface area contributed by atoms with E-state index in [1.54, 1.807) is 48.0 Å². The number of nitrogen functional groups attached to an aromatic ring is 1. The van der Waals surface area contributed by atoms with Crippen molar-refractivity contribution >= 4 is 61.3 Å². The van der Waals surface area contributed by atoms with Crippen LogP contribution in [0.15, 0.2) is 41.3 Å². The molecule has 3 aromatic heterocycles. The van der Waals surface area contributed by atoms with E-state index in [1.165, 1.54) is 6.33 Å². The molecule has 11 nitrogen and oxygen atoms in total. The van der Waals surface area contributed by atoms with Crippen molar-refractivity contribution < 1.29 is 19.1 Å². The lowest BCUT2D eigenvalue weighted by Crippen LogP contribution is -2.46. The molecule has 37 heavy (non-hydrogen) atoms. The lowest BCUT2D eigenvalue weighted by molar-refractivity contribution is -0.138. The number of carbonyl (C=O) groups is 2. The Balaban J connectivity index is 1.37. The Labute approximate surface area is 220 Å². The van der Waals surface area contributed by atoms with Gasteiger partial charge in [0.25, 0.3) is 0 Å². The zero-order valence-corrected chi connectivity index (χ0v) is 21.7. The van der Waals surface area contributed by atoms with E-state index in [9.17, 15) is 9.59 Å². The molecule has 0 spiro atoms. The van der Waals surface area contributed by atoms with E-state index < -0.39 is 6.04 Å². The molecule has 1 saturated heterocycles. The first-order valence-corrected chi connectivity index (χ1v) is 12.6. The largest absolute Gasteiger partial charge is 0.497 e. The highest BCUT2D eigenvalue weighted by Gasteiger charge is 2.56. The quantitative estimate of drug-likeness (QED) is 0.340. The number of ether oxygens (including phenoxy) is 2. The van der Waals surface area contributed by atoms with Crippen LogP contribution in [0.5, 0.6) is 11.5 Å². The van der Waals surface area contributed by atoms with Gasteiger partial charge in [-0.25, -0.2) is 15.0 Å². The Morgan fingerprint density at radius 3 is 2.78 bits per heavy atom. The Morgan fingerprint density at radius 2 is 2.03 bits per heavy atom. The van der Waals surface area contributed by atoms with Gasteiger partial charge in [0, 0.05) is 17.5 Å². The predicted octanol–water partition coefficient (Wildman–Crippen LogP) is 2.97. The monoisotopic (exact) mass is 565 g/mol. The van der Waals surface area contributed by atoms with Crippen LogP contribution in [0.3, 0.4) is 0 Å². The molecule has 1 unspecified atom stereocenters. The van der Waals surface area contributed by atoms with Crippen LogP contribution in [-0.2, 0) is 16.1 Å². The minimum Gasteiger partial charge on any atom is -0.497 e. The number of benzene rings is 1. The Kier molecular flexibility index (Phi) is 5.63. The van der Waals surface area contributed by atoms with Crippen LogP contribution in [0.1, 0.15) is 12.8 Å². The fourth-order valence-electron chi connectivity index (χ4n) is 5.39. The maximum atomic E-state index is 13.8. The third-order valence-electron chi connectivity index (χ3n) is 7.11. The lowest BCUT2D eigenvalue weighted by atomic mass is 10.1. The number of methoxy groups -OCH3 is 2. The smallest absolute Gasteiger partial charge is 0.248 e. The van der Waals surface area contributed by atoms with E-state index >= 15 is 0 Å². The van der Waals surface area contributed by atoms with Gasteiger partial charge in [-0.2, -0.15) is 0 Å². The van der Waals surface area contributed by atoms with Gasteiger partial charge in [-0.1, -0.05) is 6.07 Å². The highest BCUT2D eigenvalue weighted by molar-refractivity contribution is 9.10. The number of nitrogens with one attached hydrogen (secondary N) is 1. The molecule has 0 bridgehead atoms. The molecule has 1 aromatic carbocycles. The number of hydrogen-bond donors (Lipinski definition) is 2. The van der Waals surface area contributed by atoms with Gasteiger partial charge in [0.15, 0.2) is 0 Å². The molecule has 2 fully saturated rings. The van der Waals surface area contributed by atoms with Crippen molar-refractivity contribution in [1.29, 1.82) is 0 Å². The van der Waals surface area contributed by atoms with Crippen molar-refractivity contribution in [2.24, 2.45) is 5.92 Å². The van der Waals surface area contributed by atoms with Crippen molar-refractivity contribution in [3.63, 3.8) is 0 Å². The number of nitrogens with zero attached hydrogens (tertiary/aromatic N) is 5. The third kappa shape index (κ3) is 3.91. The van der Waals surface area contributed by atoms with Gasteiger partial charge < -0.3 is 30.0 Å². The highest BCUT2D eigenvalue weighted by Crippen LogP contribution is 2.48. The summed E-state index contributed by atoms with van der Waals surface area (Å²) in [4.78, 5) is 41.6. The Morgan fingerprint density at radius 1 is 1.19 bits per heavy atom. The molecule has 12 heteroatoms. The second-order valence-electron chi connectivity index (χ2n) is 9.22. The van der Waals surface area contributed by atoms with E-state index in [0.29, 0.717) is 56.6 Å². The molecule has 3 N–H and O–H groups in total. The standard InChI is InChI=1S/C25H24BrN7O4/c1-36-13-8-14-21-23(27)28-11-29-24(21)32(22(14)17(9-13)37-2)10-20(34)33-15-6-12(15)7-16(33)25(35)31-19-5-3-4-18(26)30-19/h3-5,8-9,11-12,15-16H,6-7,10H2,1-2H3,(H2,27,28,29)(H,30,31,35)/t12?,15-,16+/m1/s1. The number of halogens is 1. The first-order valence-electron chi connectivity index (χ1n) is 11.8. The molecule has 0 radical (unpaired) electrons. The summed E-state index contributed by atoms with van der Waals surface area (Å²) in [5.41, 5.74) is 7.41. The van der Waals surface area contributed by atoms with Gasteiger partial charge in [-0.05, 0) is 52.9 Å². The number of aromatic nitrogens is 4. The maximum Gasteiger partial charge on any atom is 0.248 e. The van der Waals surface area contributed by atoms with Gasteiger partial charge in [0.1, 0.15) is 52.3 Å². The van der Waals surface area contributed by atoms with Crippen LogP contribution in [0, 0.1) is 5.92 Å². The van der Waals surface area contributed by atoms with E-state index in [1.807, 2.05) is 6.07 Å². The van der Waals surface area contributed by atoms with Gasteiger partial charge in [0.2, 0.25) is 11.8 Å². The van der Waals surface area contributed by atoms with E-state index in [0.717, 1.165) is 11.8 Å². The topological polar surface area (TPSA) is 137 Å². The van der Waals surface area contributed by atoms with Crippen LogP contribution >= 0.6 is 15.9 Å². The average molecular weight is 566 g/mol. The molecular formula is C25H24BrN7O4. The van der Waals surface area contributed by atoms with Crippen molar-refractivity contribution in [2.75, 3.05) is 25.3 Å². The number of pyridine rings is 1. The zero-order valence-electron chi connectivity index (χ0n) is 20.1. The highest BCUT2D eigenvalue weighted by atomic mass is 79.9. The van der Waals surface area contributed by atoms with E-state index in [-0.39, 0.29) is 24.4 Å². The summed E-state index contributed by atoms with van der Waals surface area (Å²) in [7, 11) is 3.12. The normalized spacial score (nSPS) is 20.2. The zero-order chi connectivity index (χ0) is 25.8. The minimum atomic E-state index is -0.577. The number of nitrogens with two attached hydrogens (primary N) is 1. The number of likely N-dealkylation sites (tertiary alicyclic amines) is 1. The van der Waals surface area contributed by atoms with Crippen LogP contribution in [0.2, 0.25) is 0 Å². The van der Waals surface area contributed by atoms with E-state index in [2.05, 4.69) is 36.2 Å². The molecule has 2 aliphatic rings. The predicted molar refractivity (Wildman–Crippen MR) is 140 cm³/mol. The van der Waals surface area contributed by atoms with Gasteiger partial charge in [-0.15, -0.1) is 0 Å². The van der Waals surface area contributed by atoms with Gasteiger partial charge in [-0.3, -0.25) is 9.59 Å². The maximum absolute atomic E-state index is 13.8. The number of rotatable bonds is 6. The molecule has 1 aliphatic carbocycles. The summed E-state index contributed by atoms with van der Waals surface area (Å²) in [5, 5.41) is 4.19. The van der Waals surface area contributed by atoms with Crippen molar-refractivity contribution in [2.45, 2.75) is 31.5 Å². The van der Waals surface area contributed by atoms with Crippen molar-refractivity contribution in [1.82, 2.24) is 24.4 Å². The van der Waals surface area contributed by atoms with E-state index in [4.69, 9.17) is 15.2 Å². The summed E-state index contributed by atoms with van der Waals surface area (Å²) < 4.78 is 13.5. The molecule has 6 rings (SSSR count). The lowest BCUT2D eigenvalue weighted by Gasteiger charge is -2.27. The summed E-state index contributed by atoms with van der Waals surface area (Å²) in [5.74, 6) is 1.71. The number of fused-ring (bicyclic) bond motifs is 4. The molecule has 4 aromatic rings. The average Bonchev–Trinajstić information content (AvgIpc) is 3.43. The van der Waals surface area contributed by atoms with Crippen LogP contribution < -0.4 is 20.5 Å². The molecule has 1 aliphatic heterocycles. The number of hydrogen-bond acceptors (Lipinski definition) is 8. The second kappa shape index (κ2) is 8.87.